The Morgan fingerprint density at radius 3 is 2.41 bits per heavy atom. The van der Waals surface area contributed by atoms with Crippen molar-refractivity contribution in [3.63, 3.8) is 0 Å². The van der Waals surface area contributed by atoms with Gasteiger partial charge in [-0.05, 0) is 23.8 Å². The molecule has 0 aliphatic heterocycles. The van der Waals surface area contributed by atoms with Gasteiger partial charge in [-0.25, -0.2) is 9.59 Å². The Morgan fingerprint density at radius 1 is 1.03 bits per heavy atom. The second-order valence-electron chi connectivity index (χ2n) is 8.03. The highest BCUT2D eigenvalue weighted by atomic mass is 32.1. The molecule has 1 amide bonds. The van der Waals surface area contributed by atoms with Gasteiger partial charge >= 0.3 is 17.8 Å². The Bertz CT molecular complexity index is 1590. The molecule has 12 heteroatoms. The highest BCUT2D eigenvalue weighted by molar-refractivity contribution is 7.20. The lowest BCUT2D eigenvalue weighted by molar-refractivity contribution is -0.137. The number of thiophene rings is 1. The number of aryl methyl sites for hydroxylation is 1. The summed E-state index contributed by atoms with van der Waals surface area (Å²) in [5.41, 5.74) is -2.11. The Labute approximate surface area is 211 Å². The van der Waals surface area contributed by atoms with Crippen LogP contribution in [-0.4, -0.2) is 21.0 Å². The molecule has 0 fully saturated rings. The molecule has 2 aromatic carbocycles. The number of nitrogens with one attached hydrogen (secondary N) is 1. The van der Waals surface area contributed by atoms with Crippen molar-refractivity contribution in [2.45, 2.75) is 25.7 Å². The second-order valence-corrected chi connectivity index (χ2v) is 9.06. The topological polar surface area (TPSA) is 99.4 Å². The number of carbonyl (C=O) groups is 2. The van der Waals surface area contributed by atoms with Crippen molar-refractivity contribution in [1.29, 1.82) is 0 Å². The lowest BCUT2D eigenvalue weighted by Gasteiger charge is -2.14. The molecule has 4 aromatic rings. The molecule has 0 bridgehead atoms. The van der Waals surface area contributed by atoms with Gasteiger partial charge in [-0.1, -0.05) is 42.5 Å². The van der Waals surface area contributed by atoms with Gasteiger partial charge in [-0.3, -0.25) is 18.7 Å². The quantitative estimate of drug-likeness (QED) is 0.361. The first-order valence-corrected chi connectivity index (χ1v) is 11.8. The smallest absolute Gasteiger partial charge is 0.418 e. The molecule has 8 nitrogen and oxygen atoms in total. The van der Waals surface area contributed by atoms with E-state index in [1.165, 1.54) is 29.8 Å². The molecule has 2 heterocycles. The van der Waals surface area contributed by atoms with Gasteiger partial charge in [0.05, 0.1) is 16.6 Å². The molecule has 0 spiro atoms. The van der Waals surface area contributed by atoms with E-state index in [4.69, 9.17) is 4.74 Å². The van der Waals surface area contributed by atoms with Crippen molar-refractivity contribution >= 4 is 39.1 Å². The molecule has 2 aromatic heterocycles. The van der Waals surface area contributed by atoms with E-state index in [1.807, 2.05) is 6.07 Å². The number of hydrogen-bond acceptors (Lipinski definition) is 6. The molecule has 0 saturated carbocycles. The summed E-state index contributed by atoms with van der Waals surface area (Å²) >= 11 is 0.923. The molecule has 0 aliphatic rings. The minimum absolute atomic E-state index is 0.0314. The van der Waals surface area contributed by atoms with Crippen LogP contribution in [0.2, 0.25) is 0 Å². The molecule has 0 aliphatic carbocycles. The van der Waals surface area contributed by atoms with Gasteiger partial charge < -0.3 is 10.1 Å². The lowest BCUT2D eigenvalue weighted by Crippen LogP contribution is -2.39. The fourth-order valence-corrected chi connectivity index (χ4v) is 4.64. The number of ether oxygens (including phenoxy) is 1. The predicted octanol–water partition coefficient (Wildman–Crippen LogP) is 4.17. The van der Waals surface area contributed by atoms with Crippen LogP contribution in [0, 0.1) is 0 Å². The van der Waals surface area contributed by atoms with Crippen LogP contribution in [0.25, 0.3) is 10.2 Å². The zero-order valence-corrected chi connectivity index (χ0v) is 20.2. The molecule has 0 saturated heterocycles. The van der Waals surface area contributed by atoms with Crippen molar-refractivity contribution in [2.75, 3.05) is 5.32 Å². The first kappa shape index (κ1) is 25.9. The largest absolute Gasteiger partial charge is 0.457 e. The van der Waals surface area contributed by atoms with E-state index in [9.17, 15) is 32.3 Å². The molecular weight excluding hydrogens is 511 g/mol. The summed E-state index contributed by atoms with van der Waals surface area (Å²) in [4.78, 5) is 51.0. The van der Waals surface area contributed by atoms with Gasteiger partial charge in [0.25, 0.3) is 5.56 Å². The van der Waals surface area contributed by atoms with Crippen LogP contribution in [0.1, 0.15) is 27.2 Å². The van der Waals surface area contributed by atoms with Crippen molar-refractivity contribution in [3.8, 4) is 0 Å². The highest BCUT2D eigenvalue weighted by Crippen LogP contribution is 2.34. The lowest BCUT2D eigenvalue weighted by atomic mass is 10.1. The number of para-hydroxylation sites is 1. The van der Waals surface area contributed by atoms with Crippen LogP contribution < -0.4 is 16.6 Å². The molecular formula is C25H20F3N3O5S. The number of halogens is 3. The van der Waals surface area contributed by atoms with Crippen LogP contribution in [0.3, 0.4) is 0 Å². The number of alkyl halides is 3. The summed E-state index contributed by atoms with van der Waals surface area (Å²) in [6.45, 7) is -0.339. The standard InChI is InChI=1S/C25H20F3N3O5S/c1-30-22-16(13-19(37-22)23(34)36-14-15-7-3-2-4-8-15)21(33)31(24(30)35)12-11-20(32)29-18-10-6-5-9-17(18)25(26,27)28/h2-10,13H,11-12,14H2,1H3,(H,29,32). The average molecular weight is 532 g/mol. The summed E-state index contributed by atoms with van der Waals surface area (Å²) in [5, 5.41) is 2.27. The van der Waals surface area contributed by atoms with Gasteiger partial charge in [-0.2, -0.15) is 13.2 Å². The van der Waals surface area contributed by atoms with Crippen molar-refractivity contribution in [1.82, 2.24) is 9.13 Å². The van der Waals surface area contributed by atoms with Gasteiger partial charge in [0.15, 0.2) is 0 Å². The summed E-state index contributed by atoms with van der Waals surface area (Å²) in [5.74, 6) is -1.47. The average Bonchev–Trinajstić information content (AvgIpc) is 3.32. The van der Waals surface area contributed by atoms with E-state index >= 15 is 0 Å². The number of esters is 1. The third-order valence-corrected chi connectivity index (χ3v) is 6.69. The molecule has 0 unspecified atom stereocenters. The second kappa shape index (κ2) is 10.4. The minimum Gasteiger partial charge on any atom is -0.457 e. The number of nitrogens with zero attached hydrogens (tertiary/aromatic N) is 2. The zero-order valence-electron chi connectivity index (χ0n) is 19.4. The normalized spacial score (nSPS) is 11.5. The number of aromatic nitrogens is 2. The van der Waals surface area contributed by atoms with Gasteiger partial charge in [0.1, 0.15) is 16.3 Å². The first-order chi connectivity index (χ1) is 17.6. The molecule has 37 heavy (non-hydrogen) atoms. The van der Waals surface area contributed by atoms with Crippen LogP contribution in [0.4, 0.5) is 18.9 Å². The molecule has 0 radical (unpaired) electrons. The van der Waals surface area contributed by atoms with Gasteiger partial charge in [0, 0.05) is 20.0 Å². The van der Waals surface area contributed by atoms with E-state index in [0.29, 0.717) is 0 Å². The van der Waals surface area contributed by atoms with E-state index in [1.54, 1.807) is 24.3 Å². The van der Waals surface area contributed by atoms with E-state index in [2.05, 4.69) is 5.32 Å². The fraction of sp³-hybridized carbons (Fsp3) is 0.200. The summed E-state index contributed by atoms with van der Waals surface area (Å²) in [6, 6.07) is 14.8. The SMILES string of the molecule is Cn1c(=O)n(CCC(=O)Nc2ccccc2C(F)(F)F)c(=O)c2cc(C(=O)OCc3ccccc3)sc21. The summed E-state index contributed by atoms with van der Waals surface area (Å²) in [6.07, 6.45) is -5.09. The van der Waals surface area contributed by atoms with E-state index in [0.717, 1.165) is 33.6 Å². The summed E-state index contributed by atoms with van der Waals surface area (Å²) in [7, 11) is 1.41. The Kier molecular flexibility index (Phi) is 7.30. The van der Waals surface area contributed by atoms with E-state index < -0.39 is 47.0 Å². The number of carbonyl (C=O) groups excluding carboxylic acids is 2. The number of fused-ring (bicyclic) bond motifs is 1. The van der Waals surface area contributed by atoms with Crippen molar-refractivity contribution in [2.24, 2.45) is 7.05 Å². The maximum atomic E-state index is 13.2. The van der Waals surface area contributed by atoms with Crippen molar-refractivity contribution in [3.05, 3.63) is 97.5 Å². The van der Waals surface area contributed by atoms with Crippen LogP contribution >= 0.6 is 11.3 Å². The van der Waals surface area contributed by atoms with Gasteiger partial charge in [-0.15, -0.1) is 11.3 Å². The maximum absolute atomic E-state index is 13.2. The van der Waals surface area contributed by atoms with Crippen LogP contribution in [0.15, 0.2) is 70.3 Å². The Morgan fingerprint density at radius 2 is 1.70 bits per heavy atom. The molecule has 192 valence electrons. The predicted molar refractivity (Wildman–Crippen MR) is 132 cm³/mol. The van der Waals surface area contributed by atoms with Crippen LogP contribution in [0.5, 0.6) is 0 Å². The molecule has 0 atom stereocenters. The molecule has 1 N–H and O–H groups in total. The number of anilines is 1. The highest BCUT2D eigenvalue weighted by Gasteiger charge is 2.33. The third kappa shape index (κ3) is 5.64. The Balaban J connectivity index is 1.52. The number of amides is 1. The van der Waals surface area contributed by atoms with E-state index in [-0.39, 0.29) is 28.2 Å². The van der Waals surface area contributed by atoms with Crippen LogP contribution in [-0.2, 0) is 35.9 Å². The molecule has 4 rings (SSSR count). The zero-order chi connectivity index (χ0) is 26.7. The third-order valence-electron chi connectivity index (χ3n) is 5.49. The maximum Gasteiger partial charge on any atom is 0.418 e. The Hall–Kier alpha value is -4.19. The summed E-state index contributed by atoms with van der Waals surface area (Å²) < 4.78 is 46.8. The van der Waals surface area contributed by atoms with Gasteiger partial charge in [0.2, 0.25) is 5.91 Å². The monoisotopic (exact) mass is 531 g/mol. The van der Waals surface area contributed by atoms with Crippen molar-refractivity contribution < 1.29 is 27.5 Å². The minimum atomic E-state index is -4.67. The fourth-order valence-electron chi connectivity index (χ4n) is 3.64. The number of hydrogen-bond donors (Lipinski definition) is 1. The first-order valence-electron chi connectivity index (χ1n) is 11.0. The number of benzene rings is 2. The number of rotatable bonds is 7.